The summed E-state index contributed by atoms with van der Waals surface area (Å²) in [5, 5.41) is 3.25. The molecule has 1 aliphatic heterocycles. The Morgan fingerprint density at radius 1 is 1.30 bits per heavy atom. The van der Waals surface area contributed by atoms with Crippen molar-refractivity contribution in [3.05, 3.63) is 29.8 Å². The molecule has 20 heavy (non-hydrogen) atoms. The molecule has 0 aliphatic carbocycles. The minimum atomic E-state index is -3.01. The molecule has 0 amide bonds. The van der Waals surface area contributed by atoms with Crippen molar-refractivity contribution in [3.8, 4) is 5.75 Å². The van der Waals surface area contributed by atoms with E-state index in [2.05, 4.69) is 5.32 Å². The highest BCUT2D eigenvalue weighted by Crippen LogP contribution is 2.15. The highest BCUT2D eigenvalue weighted by atomic mass is 32.2. The standard InChI is InChI=1S/C15H23NO3S/c1-13-3-2-4-15(11-13)19-9-10-20(17,18)12-14-5-7-16-8-6-14/h2-4,11,14,16H,5-10,12H2,1H3. The van der Waals surface area contributed by atoms with Crippen molar-refractivity contribution in [1.82, 2.24) is 5.32 Å². The molecule has 1 heterocycles. The van der Waals surface area contributed by atoms with Crippen LogP contribution in [-0.4, -0.2) is 39.6 Å². The molecule has 1 saturated heterocycles. The number of hydrogen-bond acceptors (Lipinski definition) is 4. The summed E-state index contributed by atoms with van der Waals surface area (Å²) in [5.41, 5.74) is 1.11. The first kappa shape index (κ1) is 15.3. The highest BCUT2D eigenvalue weighted by molar-refractivity contribution is 7.91. The van der Waals surface area contributed by atoms with Gasteiger partial charge in [0.15, 0.2) is 9.84 Å². The summed E-state index contributed by atoms with van der Waals surface area (Å²) in [6.07, 6.45) is 1.91. The van der Waals surface area contributed by atoms with E-state index in [-0.39, 0.29) is 12.4 Å². The highest BCUT2D eigenvalue weighted by Gasteiger charge is 2.21. The van der Waals surface area contributed by atoms with Gasteiger partial charge in [-0.1, -0.05) is 12.1 Å². The minimum Gasteiger partial charge on any atom is -0.493 e. The number of benzene rings is 1. The number of nitrogens with one attached hydrogen (secondary N) is 1. The summed E-state index contributed by atoms with van der Waals surface area (Å²) in [7, 11) is -3.01. The Morgan fingerprint density at radius 3 is 2.75 bits per heavy atom. The molecule has 0 bridgehead atoms. The predicted octanol–water partition coefficient (Wildman–Crippen LogP) is 1.79. The molecule has 0 unspecified atom stereocenters. The van der Waals surface area contributed by atoms with Gasteiger partial charge in [-0.15, -0.1) is 0 Å². The van der Waals surface area contributed by atoms with Crippen LogP contribution >= 0.6 is 0 Å². The van der Waals surface area contributed by atoms with Gasteiger partial charge in [0.05, 0.1) is 11.5 Å². The van der Waals surface area contributed by atoms with Gasteiger partial charge in [-0.25, -0.2) is 8.42 Å². The Balaban J connectivity index is 1.77. The number of ether oxygens (including phenoxy) is 1. The van der Waals surface area contributed by atoms with Crippen molar-refractivity contribution in [2.75, 3.05) is 31.2 Å². The van der Waals surface area contributed by atoms with Gasteiger partial charge >= 0.3 is 0 Å². The molecule has 1 fully saturated rings. The maximum Gasteiger partial charge on any atom is 0.153 e. The zero-order valence-corrected chi connectivity index (χ0v) is 12.8. The average Bonchev–Trinajstić information content (AvgIpc) is 2.39. The van der Waals surface area contributed by atoms with E-state index in [4.69, 9.17) is 4.74 Å². The molecule has 4 nitrogen and oxygen atoms in total. The third-order valence-electron chi connectivity index (χ3n) is 3.60. The van der Waals surface area contributed by atoms with E-state index < -0.39 is 9.84 Å². The lowest BCUT2D eigenvalue weighted by Crippen LogP contribution is -2.32. The van der Waals surface area contributed by atoms with Crippen LogP contribution in [0.5, 0.6) is 5.75 Å². The van der Waals surface area contributed by atoms with Crippen LogP contribution < -0.4 is 10.1 Å². The molecule has 0 saturated carbocycles. The van der Waals surface area contributed by atoms with Crippen LogP contribution in [0.2, 0.25) is 0 Å². The lowest BCUT2D eigenvalue weighted by atomic mass is 10.0. The number of rotatable bonds is 6. The topological polar surface area (TPSA) is 55.4 Å². The smallest absolute Gasteiger partial charge is 0.153 e. The van der Waals surface area contributed by atoms with E-state index in [9.17, 15) is 8.42 Å². The van der Waals surface area contributed by atoms with E-state index >= 15 is 0 Å². The molecule has 1 aliphatic rings. The molecular weight excluding hydrogens is 274 g/mol. The molecular formula is C15H23NO3S. The van der Waals surface area contributed by atoms with Gasteiger partial charge < -0.3 is 10.1 Å². The van der Waals surface area contributed by atoms with E-state index in [0.717, 1.165) is 37.2 Å². The molecule has 1 N–H and O–H groups in total. The van der Waals surface area contributed by atoms with Crippen molar-refractivity contribution in [2.45, 2.75) is 19.8 Å². The van der Waals surface area contributed by atoms with Crippen molar-refractivity contribution in [3.63, 3.8) is 0 Å². The fourth-order valence-corrected chi connectivity index (χ4v) is 4.04. The van der Waals surface area contributed by atoms with Gasteiger partial charge in [0.25, 0.3) is 0 Å². The van der Waals surface area contributed by atoms with Gasteiger partial charge in [0.2, 0.25) is 0 Å². The summed E-state index contributed by atoms with van der Waals surface area (Å²) in [6.45, 7) is 4.08. The zero-order valence-electron chi connectivity index (χ0n) is 12.0. The van der Waals surface area contributed by atoms with Crippen LogP contribution in [-0.2, 0) is 9.84 Å². The van der Waals surface area contributed by atoms with Gasteiger partial charge in [-0.2, -0.15) is 0 Å². The van der Waals surface area contributed by atoms with Crippen molar-refractivity contribution < 1.29 is 13.2 Å². The molecule has 0 radical (unpaired) electrons. The van der Waals surface area contributed by atoms with Crippen LogP contribution in [0, 0.1) is 12.8 Å². The zero-order chi connectivity index (χ0) is 14.4. The molecule has 1 aromatic carbocycles. The second-order valence-corrected chi connectivity index (χ2v) is 7.70. The van der Waals surface area contributed by atoms with Crippen molar-refractivity contribution in [1.29, 1.82) is 0 Å². The molecule has 0 atom stereocenters. The Labute approximate surface area is 121 Å². The summed E-state index contributed by atoms with van der Waals surface area (Å²) in [4.78, 5) is 0. The number of aryl methyl sites for hydroxylation is 1. The SMILES string of the molecule is Cc1cccc(OCCS(=O)(=O)CC2CCNCC2)c1. The fraction of sp³-hybridized carbons (Fsp3) is 0.600. The van der Waals surface area contributed by atoms with Gasteiger partial charge in [-0.3, -0.25) is 0 Å². The minimum absolute atomic E-state index is 0.102. The maximum atomic E-state index is 12.1. The first-order valence-electron chi connectivity index (χ1n) is 7.16. The fourth-order valence-electron chi connectivity index (χ4n) is 2.48. The normalized spacial score (nSPS) is 17.1. The first-order chi connectivity index (χ1) is 9.55. The Hall–Kier alpha value is -1.07. The largest absolute Gasteiger partial charge is 0.493 e. The summed E-state index contributed by atoms with van der Waals surface area (Å²) in [6, 6.07) is 7.67. The monoisotopic (exact) mass is 297 g/mol. The van der Waals surface area contributed by atoms with Gasteiger partial charge in [0.1, 0.15) is 12.4 Å². The van der Waals surface area contributed by atoms with Crippen LogP contribution in [0.4, 0.5) is 0 Å². The molecule has 1 aromatic rings. The van der Waals surface area contributed by atoms with Gasteiger partial charge in [-0.05, 0) is 56.5 Å². The molecule has 5 heteroatoms. The van der Waals surface area contributed by atoms with Crippen LogP contribution in [0.1, 0.15) is 18.4 Å². The Kier molecular flexibility index (Phi) is 5.43. The van der Waals surface area contributed by atoms with Crippen LogP contribution in [0.3, 0.4) is 0 Å². The number of piperidine rings is 1. The van der Waals surface area contributed by atoms with Crippen LogP contribution in [0.25, 0.3) is 0 Å². The molecule has 112 valence electrons. The summed E-state index contributed by atoms with van der Waals surface area (Å²) in [5.74, 6) is 1.44. The third kappa shape index (κ3) is 5.13. The summed E-state index contributed by atoms with van der Waals surface area (Å²) >= 11 is 0. The van der Waals surface area contributed by atoms with E-state index in [0.29, 0.717) is 11.7 Å². The maximum absolute atomic E-state index is 12.1. The quantitative estimate of drug-likeness (QED) is 0.870. The third-order valence-corrected chi connectivity index (χ3v) is 5.37. The van der Waals surface area contributed by atoms with Crippen LogP contribution in [0.15, 0.2) is 24.3 Å². The number of hydrogen-bond donors (Lipinski definition) is 1. The first-order valence-corrected chi connectivity index (χ1v) is 8.98. The summed E-state index contributed by atoms with van der Waals surface area (Å²) < 4.78 is 29.6. The van der Waals surface area contributed by atoms with E-state index in [1.807, 2.05) is 31.2 Å². The van der Waals surface area contributed by atoms with Crippen molar-refractivity contribution in [2.24, 2.45) is 5.92 Å². The lowest BCUT2D eigenvalue weighted by molar-refractivity contribution is 0.339. The lowest BCUT2D eigenvalue weighted by Gasteiger charge is -2.22. The second-order valence-electron chi connectivity index (χ2n) is 5.47. The molecule has 0 aromatic heterocycles. The second kappa shape index (κ2) is 7.09. The van der Waals surface area contributed by atoms with Crippen molar-refractivity contribution >= 4 is 9.84 Å². The Morgan fingerprint density at radius 2 is 2.05 bits per heavy atom. The van der Waals surface area contributed by atoms with E-state index in [1.165, 1.54) is 0 Å². The number of sulfone groups is 1. The van der Waals surface area contributed by atoms with Gasteiger partial charge in [0, 0.05) is 0 Å². The van der Waals surface area contributed by atoms with E-state index in [1.54, 1.807) is 0 Å². The Bertz CT molecular complexity index is 522. The average molecular weight is 297 g/mol. The molecule has 0 spiro atoms. The predicted molar refractivity (Wildman–Crippen MR) is 80.9 cm³/mol. The molecule has 2 rings (SSSR count).